The van der Waals surface area contributed by atoms with Crippen LogP contribution in [0.25, 0.3) is 0 Å². The average molecular weight is 396 g/mol. The molecule has 2 amide bonds. The molecule has 1 aliphatic heterocycles. The standard InChI is InChI=1S/C23H33N5O/c1-18(2)15-21(20-7-5-4-6-8-20)26-23(29)25-17-19-9-10-24-22(16-19)28-13-11-27(3)12-14-28/h4-10,16,18,21H,11-15,17H2,1-3H3,(H2,25,26,29). The summed E-state index contributed by atoms with van der Waals surface area (Å²) in [5, 5.41) is 6.14. The average Bonchev–Trinajstić information content (AvgIpc) is 2.73. The van der Waals surface area contributed by atoms with Crippen molar-refractivity contribution in [1.29, 1.82) is 0 Å². The zero-order valence-corrected chi connectivity index (χ0v) is 17.8. The first kappa shape index (κ1) is 21.1. The molecule has 6 heteroatoms. The number of piperazine rings is 1. The van der Waals surface area contributed by atoms with Crippen molar-refractivity contribution in [2.24, 2.45) is 5.92 Å². The third-order valence-corrected chi connectivity index (χ3v) is 5.30. The van der Waals surface area contributed by atoms with E-state index in [1.807, 2.05) is 30.5 Å². The molecule has 1 aromatic heterocycles. The minimum atomic E-state index is -0.141. The quantitative estimate of drug-likeness (QED) is 0.754. The van der Waals surface area contributed by atoms with Crippen LogP contribution in [0.5, 0.6) is 0 Å². The van der Waals surface area contributed by atoms with Gasteiger partial charge in [-0.3, -0.25) is 0 Å². The van der Waals surface area contributed by atoms with Crippen LogP contribution < -0.4 is 15.5 Å². The maximum absolute atomic E-state index is 12.6. The van der Waals surface area contributed by atoms with Crippen LogP contribution in [-0.2, 0) is 6.54 Å². The van der Waals surface area contributed by atoms with Gasteiger partial charge in [0.15, 0.2) is 0 Å². The third kappa shape index (κ3) is 6.46. The van der Waals surface area contributed by atoms with Gasteiger partial charge in [0.2, 0.25) is 0 Å². The van der Waals surface area contributed by atoms with E-state index in [9.17, 15) is 4.79 Å². The summed E-state index contributed by atoms with van der Waals surface area (Å²) in [5.41, 5.74) is 2.20. The van der Waals surface area contributed by atoms with Crippen molar-refractivity contribution < 1.29 is 4.79 Å². The highest BCUT2D eigenvalue weighted by Gasteiger charge is 2.17. The minimum absolute atomic E-state index is 0.00883. The van der Waals surface area contributed by atoms with Crippen molar-refractivity contribution in [2.45, 2.75) is 32.9 Å². The second-order valence-corrected chi connectivity index (χ2v) is 8.23. The number of urea groups is 1. The van der Waals surface area contributed by atoms with Crippen LogP contribution in [0.4, 0.5) is 10.6 Å². The second-order valence-electron chi connectivity index (χ2n) is 8.23. The first-order valence-electron chi connectivity index (χ1n) is 10.5. The van der Waals surface area contributed by atoms with E-state index in [0.29, 0.717) is 12.5 Å². The van der Waals surface area contributed by atoms with E-state index < -0.39 is 0 Å². The highest BCUT2D eigenvalue weighted by atomic mass is 16.2. The number of aromatic nitrogens is 1. The lowest BCUT2D eigenvalue weighted by molar-refractivity contribution is 0.234. The zero-order valence-electron chi connectivity index (χ0n) is 17.8. The Morgan fingerprint density at radius 1 is 1.10 bits per heavy atom. The van der Waals surface area contributed by atoms with E-state index in [1.165, 1.54) is 0 Å². The number of amides is 2. The first-order valence-corrected chi connectivity index (χ1v) is 10.5. The third-order valence-electron chi connectivity index (χ3n) is 5.30. The van der Waals surface area contributed by atoms with Gasteiger partial charge in [0.1, 0.15) is 5.82 Å². The van der Waals surface area contributed by atoms with Crippen molar-refractivity contribution in [2.75, 3.05) is 38.1 Å². The van der Waals surface area contributed by atoms with E-state index in [-0.39, 0.29) is 12.1 Å². The Kier molecular flexibility index (Phi) is 7.47. The normalized spacial score (nSPS) is 15.9. The molecule has 156 valence electrons. The second kappa shape index (κ2) is 10.3. The Morgan fingerprint density at radius 2 is 1.83 bits per heavy atom. The van der Waals surface area contributed by atoms with E-state index >= 15 is 0 Å². The molecule has 0 bridgehead atoms. The van der Waals surface area contributed by atoms with E-state index in [4.69, 9.17) is 0 Å². The highest BCUT2D eigenvalue weighted by Crippen LogP contribution is 2.21. The van der Waals surface area contributed by atoms with Crippen LogP contribution in [-0.4, -0.2) is 49.1 Å². The van der Waals surface area contributed by atoms with Crippen molar-refractivity contribution in [3.63, 3.8) is 0 Å². The number of pyridine rings is 1. The number of carbonyl (C=O) groups is 1. The number of hydrogen-bond acceptors (Lipinski definition) is 4. The molecule has 1 aliphatic rings. The summed E-state index contributed by atoms with van der Waals surface area (Å²) >= 11 is 0. The number of rotatable bonds is 7. The number of benzene rings is 1. The van der Waals surface area contributed by atoms with Gasteiger partial charge in [0.05, 0.1) is 6.04 Å². The smallest absolute Gasteiger partial charge is 0.315 e. The molecule has 3 rings (SSSR count). The van der Waals surface area contributed by atoms with Crippen LogP contribution in [0, 0.1) is 5.92 Å². The van der Waals surface area contributed by atoms with Crippen LogP contribution in [0.2, 0.25) is 0 Å². The molecule has 2 N–H and O–H groups in total. The van der Waals surface area contributed by atoms with E-state index in [1.54, 1.807) is 0 Å². The van der Waals surface area contributed by atoms with Crippen LogP contribution in [0.3, 0.4) is 0 Å². The lowest BCUT2D eigenvalue weighted by Gasteiger charge is -2.33. The van der Waals surface area contributed by atoms with Gasteiger partial charge in [-0.1, -0.05) is 44.2 Å². The lowest BCUT2D eigenvalue weighted by atomic mass is 9.97. The summed E-state index contributed by atoms with van der Waals surface area (Å²) in [5.74, 6) is 1.48. The maximum atomic E-state index is 12.6. The highest BCUT2D eigenvalue weighted by molar-refractivity contribution is 5.74. The molecular formula is C23H33N5O. The molecule has 1 atom stereocenters. The molecule has 1 fully saturated rings. The predicted molar refractivity (Wildman–Crippen MR) is 118 cm³/mol. The van der Waals surface area contributed by atoms with Crippen LogP contribution in [0.1, 0.15) is 37.4 Å². The van der Waals surface area contributed by atoms with Gasteiger partial charge in [-0.25, -0.2) is 9.78 Å². The van der Waals surface area contributed by atoms with Gasteiger partial charge in [-0.15, -0.1) is 0 Å². The molecule has 1 aromatic carbocycles. The molecule has 0 spiro atoms. The summed E-state index contributed by atoms with van der Waals surface area (Å²) < 4.78 is 0. The van der Waals surface area contributed by atoms with Crippen LogP contribution >= 0.6 is 0 Å². The molecule has 6 nitrogen and oxygen atoms in total. The Balaban J connectivity index is 1.56. The van der Waals surface area contributed by atoms with E-state index in [2.05, 4.69) is 64.5 Å². The molecule has 0 aliphatic carbocycles. The Bertz CT molecular complexity index is 772. The van der Waals surface area contributed by atoms with Gasteiger partial charge in [-0.05, 0) is 42.6 Å². The molecule has 2 aromatic rings. The fourth-order valence-corrected chi connectivity index (χ4v) is 3.61. The zero-order chi connectivity index (χ0) is 20.6. The number of likely N-dealkylation sites (N-methyl/N-ethyl adjacent to an activating group) is 1. The van der Waals surface area contributed by atoms with Gasteiger partial charge in [0.25, 0.3) is 0 Å². The minimum Gasteiger partial charge on any atom is -0.354 e. The first-order chi connectivity index (χ1) is 14.0. The fraction of sp³-hybridized carbons (Fsp3) is 0.478. The number of nitrogens with zero attached hydrogens (tertiary/aromatic N) is 3. The lowest BCUT2D eigenvalue weighted by Crippen LogP contribution is -2.44. The van der Waals surface area contributed by atoms with Crippen molar-refractivity contribution in [1.82, 2.24) is 20.5 Å². The number of nitrogens with one attached hydrogen (secondary N) is 2. The SMILES string of the molecule is CC(C)CC(NC(=O)NCc1ccnc(N2CCN(C)CC2)c1)c1ccccc1. The molecular weight excluding hydrogens is 362 g/mol. The topological polar surface area (TPSA) is 60.5 Å². The van der Waals surface area contributed by atoms with Crippen molar-refractivity contribution >= 4 is 11.8 Å². The van der Waals surface area contributed by atoms with Crippen LogP contribution in [0.15, 0.2) is 48.7 Å². The number of anilines is 1. The molecule has 2 heterocycles. The van der Waals surface area contributed by atoms with Gasteiger partial charge < -0.3 is 20.4 Å². The molecule has 1 unspecified atom stereocenters. The number of carbonyl (C=O) groups excluding carboxylic acids is 1. The largest absolute Gasteiger partial charge is 0.354 e. The number of hydrogen-bond donors (Lipinski definition) is 2. The molecule has 0 radical (unpaired) electrons. The summed E-state index contributed by atoms with van der Waals surface area (Å²) in [7, 11) is 2.14. The Labute approximate surface area is 174 Å². The van der Waals surface area contributed by atoms with Crippen molar-refractivity contribution in [3.8, 4) is 0 Å². The van der Waals surface area contributed by atoms with Gasteiger partial charge in [-0.2, -0.15) is 0 Å². The summed E-state index contributed by atoms with van der Waals surface area (Å²) in [6.07, 6.45) is 2.73. The Morgan fingerprint density at radius 3 is 2.52 bits per heavy atom. The summed E-state index contributed by atoms with van der Waals surface area (Å²) in [6.45, 7) is 8.88. The van der Waals surface area contributed by atoms with Crippen molar-refractivity contribution in [3.05, 3.63) is 59.8 Å². The predicted octanol–water partition coefficient (Wildman–Crippen LogP) is 3.42. The van der Waals surface area contributed by atoms with Gasteiger partial charge in [0, 0.05) is 38.9 Å². The fourth-order valence-electron chi connectivity index (χ4n) is 3.61. The Hall–Kier alpha value is -2.60. The summed E-state index contributed by atoms with van der Waals surface area (Å²) in [6, 6.07) is 14.1. The monoisotopic (exact) mass is 395 g/mol. The van der Waals surface area contributed by atoms with E-state index in [0.717, 1.165) is 49.5 Å². The maximum Gasteiger partial charge on any atom is 0.315 e. The summed E-state index contributed by atoms with van der Waals surface area (Å²) in [4.78, 5) is 21.7. The van der Waals surface area contributed by atoms with Gasteiger partial charge >= 0.3 is 6.03 Å². The molecule has 0 saturated carbocycles. The molecule has 1 saturated heterocycles. The molecule has 29 heavy (non-hydrogen) atoms.